The molecule has 2 aliphatic heterocycles. The van der Waals surface area contributed by atoms with E-state index in [1.807, 2.05) is 6.07 Å². The Morgan fingerprint density at radius 2 is 1.53 bits per heavy atom. The second kappa shape index (κ2) is 10.6. The SMILES string of the molecule is COc1ccc(C(=O)OC(C(=O)N2CCCCC2)c2ccccc2)cc1S(=O)(=O)N1CCCC1. The van der Waals surface area contributed by atoms with Crippen LogP contribution in [0.5, 0.6) is 5.75 Å². The number of sulfonamides is 1. The molecule has 0 aromatic heterocycles. The monoisotopic (exact) mass is 486 g/mol. The molecule has 2 fully saturated rings. The maximum atomic E-state index is 13.3. The molecule has 1 atom stereocenters. The Labute approximate surface area is 200 Å². The molecule has 1 unspecified atom stereocenters. The first-order valence-electron chi connectivity index (χ1n) is 11.6. The summed E-state index contributed by atoms with van der Waals surface area (Å²) in [6.07, 6.45) is 3.38. The molecule has 4 rings (SSSR count). The summed E-state index contributed by atoms with van der Waals surface area (Å²) in [7, 11) is -2.44. The van der Waals surface area contributed by atoms with E-state index in [4.69, 9.17) is 9.47 Å². The van der Waals surface area contributed by atoms with Crippen molar-refractivity contribution in [2.75, 3.05) is 33.3 Å². The van der Waals surface area contributed by atoms with E-state index in [1.165, 1.54) is 29.6 Å². The van der Waals surface area contributed by atoms with Crippen LogP contribution in [0.1, 0.15) is 54.1 Å². The van der Waals surface area contributed by atoms with Gasteiger partial charge in [0.1, 0.15) is 10.6 Å². The Kier molecular flexibility index (Phi) is 7.53. The predicted molar refractivity (Wildman–Crippen MR) is 126 cm³/mol. The average molecular weight is 487 g/mol. The fourth-order valence-electron chi connectivity index (χ4n) is 4.42. The minimum Gasteiger partial charge on any atom is -0.495 e. The van der Waals surface area contributed by atoms with E-state index in [9.17, 15) is 18.0 Å². The van der Waals surface area contributed by atoms with Crippen molar-refractivity contribution in [3.05, 3.63) is 59.7 Å². The molecule has 0 bridgehead atoms. The van der Waals surface area contributed by atoms with Gasteiger partial charge in [-0.05, 0) is 50.3 Å². The van der Waals surface area contributed by atoms with Gasteiger partial charge in [-0.3, -0.25) is 4.79 Å². The summed E-state index contributed by atoms with van der Waals surface area (Å²) in [6, 6.07) is 13.1. The first-order valence-corrected chi connectivity index (χ1v) is 13.1. The fraction of sp³-hybridized carbons (Fsp3) is 0.440. The number of nitrogens with zero attached hydrogens (tertiary/aromatic N) is 2. The van der Waals surface area contributed by atoms with Gasteiger partial charge in [-0.2, -0.15) is 4.31 Å². The van der Waals surface area contributed by atoms with Crippen molar-refractivity contribution >= 4 is 21.9 Å². The van der Waals surface area contributed by atoms with Crippen LogP contribution in [0.3, 0.4) is 0 Å². The summed E-state index contributed by atoms with van der Waals surface area (Å²) in [5, 5.41) is 0. The smallest absolute Gasteiger partial charge is 0.339 e. The number of amides is 1. The third kappa shape index (κ3) is 5.10. The Balaban J connectivity index is 1.63. The number of carbonyl (C=O) groups is 2. The van der Waals surface area contributed by atoms with Gasteiger partial charge >= 0.3 is 5.97 Å². The van der Waals surface area contributed by atoms with Crippen LogP contribution in [0.2, 0.25) is 0 Å². The molecule has 0 aliphatic carbocycles. The van der Waals surface area contributed by atoms with Crippen molar-refractivity contribution in [1.29, 1.82) is 0 Å². The molecule has 0 saturated carbocycles. The molecule has 0 N–H and O–H groups in total. The highest BCUT2D eigenvalue weighted by atomic mass is 32.2. The van der Waals surface area contributed by atoms with Gasteiger partial charge < -0.3 is 14.4 Å². The van der Waals surface area contributed by atoms with Crippen LogP contribution in [-0.4, -0.2) is 62.8 Å². The van der Waals surface area contributed by atoms with Crippen LogP contribution in [-0.2, 0) is 19.6 Å². The van der Waals surface area contributed by atoms with Crippen LogP contribution >= 0.6 is 0 Å². The Bertz CT molecular complexity index is 1120. The van der Waals surface area contributed by atoms with E-state index >= 15 is 0 Å². The van der Waals surface area contributed by atoms with E-state index in [2.05, 4.69) is 0 Å². The van der Waals surface area contributed by atoms with Gasteiger partial charge in [-0.25, -0.2) is 13.2 Å². The predicted octanol–water partition coefficient (Wildman–Crippen LogP) is 3.39. The Morgan fingerprint density at radius 1 is 0.882 bits per heavy atom. The number of hydrogen-bond acceptors (Lipinski definition) is 6. The standard InChI is InChI=1S/C25H30N2O6S/c1-32-21-13-12-20(18-22(21)34(30,31)27-16-8-9-17-27)25(29)33-23(19-10-4-2-5-11-19)24(28)26-14-6-3-7-15-26/h2,4-5,10-13,18,23H,3,6-9,14-17H2,1H3. The summed E-state index contributed by atoms with van der Waals surface area (Å²) < 4.78 is 38.8. The van der Waals surface area contributed by atoms with Crippen LogP contribution in [0, 0.1) is 0 Å². The molecule has 182 valence electrons. The van der Waals surface area contributed by atoms with E-state index in [1.54, 1.807) is 29.2 Å². The zero-order chi connectivity index (χ0) is 24.1. The third-order valence-corrected chi connectivity index (χ3v) is 8.22. The molecule has 8 nitrogen and oxygen atoms in total. The lowest BCUT2D eigenvalue weighted by molar-refractivity contribution is -0.142. The molecule has 2 heterocycles. The molecule has 2 saturated heterocycles. The lowest BCUT2D eigenvalue weighted by atomic mass is 10.1. The first-order chi connectivity index (χ1) is 16.4. The summed E-state index contributed by atoms with van der Waals surface area (Å²) in [5.41, 5.74) is 0.621. The van der Waals surface area contributed by atoms with Crippen molar-refractivity contribution in [3.63, 3.8) is 0 Å². The van der Waals surface area contributed by atoms with Crippen LogP contribution < -0.4 is 4.74 Å². The van der Waals surface area contributed by atoms with Gasteiger partial charge in [0.25, 0.3) is 5.91 Å². The number of benzene rings is 2. The molecule has 1 amide bonds. The van der Waals surface area contributed by atoms with Crippen molar-refractivity contribution in [1.82, 2.24) is 9.21 Å². The zero-order valence-corrected chi connectivity index (χ0v) is 20.1. The van der Waals surface area contributed by atoms with Crippen molar-refractivity contribution in [2.24, 2.45) is 0 Å². The van der Waals surface area contributed by atoms with Gasteiger partial charge in [0.15, 0.2) is 0 Å². The fourth-order valence-corrected chi connectivity index (χ4v) is 6.12. The van der Waals surface area contributed by atoms with E-state index in [0.717, 1.165) is 32.1 Å². The van der Waals surface area contributed by atoms with E-state index in [-0.39, 0.29) is 22.1 Å². The zero-order valence-electron chi connectivity index (χ0n) is 19.3. The lowest BCUT2D eigenvalue weighted by Gasteiger charge is -2.30. The summed E-state index contributed by atoms with van der Waals surface area (Å²) in [6.45, 7) is 2.11. The van der Waals surface area contributed by atoms with Crippen LogP contribution in [0.15, 0.2) is 53.4 Å². The molecule has 2 aromatic rings. The minimum atomic E-state index is -3.83. The second-order valence-corrected chi connectivity index (χ2v) is 10.5. The van der Waals surface area contributed by atoms with Crippen molar-refractivity contribution < 1.29 is 27.5 Å². The normalized spacial score (nSPS) is 17.9. The molecule has 0 radical (unpaired) electrons. The number of ether oxygens (including phenoxy) is 2. The van der Waals surface area contributed by atoms with Crippen molar-refractivity contribution in [2.45, 2.75) is 43.1 Å². The Morgan fingerprint density at radius 3 is 2.18 bits per heavy atom. The highest BCUT2D eigenvalue weighted by Gasteiger charge is 2.33. The van der Waals surface area contributed by atoms with Gasteiger partial charge in [-0.1, -0.05) is 30.3 Å². The van der Waals surface area contributed by atoms with Crippen LogP contribution in [0.4, 0.5) is 0 Å². The topological polar surface area (TPSA) is 93.2 Å². The summed E-state index contributed by atoms with van der Waals surface area (Å²) in [4.78, 5) is 28.1. The molecular formula is C25H30N2O6S. The molecule has 2 aromatic carbocycles. The number of rotatable bonds is 7. The maximum absolute atomic E-state index is 13.3. The number of likely N-dealkylation sites (tertiary alicyclic amines) is 1. The molecular weight excluding hydrogens is 456 g/mol. The van der Waals surface area contributed by atoms with Gasteiger partial charge in [0.05, 0.1) is 12.7 Å². The number of carbonyl (C=O) groups excluding carboxylic acids is 2. The first kappa shape index (κ1) is 24.2. The quantitative estimate of drug-likeness (QED) is 0.557. The molecule has 9 heteroatoms. The number of piperidine rings is 1. The number of hydrogen-bond donors (Lipinski definition) is 0. The van der Waals surface area contributed by atoms with E-state index in [0.29, 0.717) is 31.7 Å². The van der Waals surface area contributed by atoms with Crippen LogP contribution in [0.25, 0.3) is 0 Å². The van der Waals surface area contributed by atoms with Gasteiger partial charge in [0.2, 0.25) is 16.1 Å². The highest BCUT2D eigenvalue weighted by molar-refractivity contribution is 7.89. The van der Waals surface area contributed by atoms with Crippen molar-refractivity contribution in [3.8, 4) is 5.75 Å². The minimum absolute atomic E-state index is 0.0472. The third-order valence-electron chi connectivity index (χ3n) is 6.30. The lowest BCUT2D eigenvalue weighted by Crippen LogP contribution is -2.40. The average Bonchev–Trinajstić information content (AvgIpc) is 3.43. The summed E-state index contributed by atoms with van der Waals surface area (Å²) in [5.74, 6) is -0.870. The Hall–Kier alpha value is -2.91. The highest BCUT2D eigenvalue weighted by Crippen LogP contribution is 2.31. The molecule has 0 spiro atoms. The second-order valence-electron chi connectivity index (χ2n) is 8.56. The number of methoxy groups -OCH3 is 1. The van der Waals surface area contributed by atoms with Gasteiger partial charge in [0, 0.05) is 31.7 Å². The molecule has 34 heavy (non-hydrogen) atoms. The largest absolute Gasteiger partial charge is 0.495 e. The van der Waals surface area contributed by atoms with Gasteiger partial charge in [-0.15, -0.1) is 0 Å². The number of esters is 1. The van der Waals surface area contributed by atoms with E-state index < -0.39 is 22.1 Å². The maximum Gasteiger partial charge on any atom is 0.339 e. The molecule has 2 aliphatic rings. The summed E-state index contributed by atoms with van der Waals surface area (Å²) >= 11 is 0.